The Balaban J connectivity index is 2.25. The Morgan fingerprint density at radius 2 is 2.00 bits per heavy atom. The molecule has 1 aromatic carbocycles. The molecule has 1 heterocycles. The molecule has 0 bridgehead atoms. The van der Waals surface area contributed by atoms with Crippen molar-refractivity contribution in [2.24, 2.45) is 0 Å². The molecule has 1 N–H and O–H groups in total. The first kappa shape index (κ1) is 16.6. The van der Waals surface area contributed by atoms with Gasteiger partial charge in [-0.1, -0.05) is 13.8 Å². The molecule has 2 aromatic rings. The molecule has 0 saturated heterocycles. The standard InChI is InChI=1S/C18H25NO3/c1-5-13(6-2)19-10-9-16-12(3)15-8-7-14(21-4)11-17(15)22-18(16)20/h7-8,11,13,19H,5-6,9-10H2,1-4H3. The van der Waals surface area contributed by atoms with E-state index in [1.807, 2.05) is 19.1 Å². The molecule has 4 nitrogen and oxygen atoms in total. The summed E-state index contributed by atoms with van der Waals surface area (Å²) < 4.78 is 10.6. The van der Waals surface area contributed by atoms with Crippen LogP contribution in [0.2, 0.25) is 0 Å². The van der Waals surface area contributed by atoms with Crippen LogP contribution in [-0.2, 0) is 6.42 Å². The number of methoxy groups -OCH3 is 1. The van der Waals surface area contributed by atoms with Crippen LogP contribution < -0.4 is 15.7 Å². The van der Waals surface area contributed by atoms with E-state index >= 15 is 0 Å². The average Bonchev–Trinajstić information content (AvgIpc) is 2.53. The lowest BCUT2D eigenvalue weighted by molar-refractivity contribution is 0.414. The van der Waals surface area contributed by atoms with Gasteiger partial charge in [0.05, 0.1) is 7.11 Å². The van der Waals surface area contributed by atoms with Gasteiger partial charge in [-0.25, -0.2) is 4.79 Å². The monoisotopic (exact) mass is 303 g/mol. The van der Waals surface area contributed by atoms with E-state index in [2.05, 4.69) is 19.2 Å². The van der Waals surface area contributed by atoms with E-state index < -0.39 is 0 Å². The molecule has 0 fully saturated rings. The van der Waals surface area contributed by atoms with Gasteiger partial charge in [-0.05, 0) is 50.4 Å². The number of hydrogen-bond donors (Lipinski definition) is 1. The molecule has 0 aliphatic carbocycles. The Labute approximate surface area is 131 Å². The van der Waals surface area contributed by atoms with Crippen molar-refractivity contribution in [2.75, 3.05) is 13.7 Å². The minimum atomic E-state index is -0.246. The maximum atomic E-state index is 12.2. The Bertz CT molecular complexity index is 687. The molecule has 4 heteroatoms. The van der Waals surface area contributed by atoms with Crippen molar-refractivity contribution >= 4 is 11.0 Å². The zero-order valence-electron chi connectivity index (χ0n) is 13.9. The lowest BCUT2D eigenvalue weighted by atomic mass is 10.0. The van der Waals surface area contributed by atoms with Crippen LogP contribution in [0.5, 0.6) is 5.75 Å². The van der Waals surface area contributed by atoms with E-state index in [9.17, 15) is 4.79 Å². The molecule has 0 spiro atoms. The minimum absolute atomic E-state index is 0.246. The van der Waals surface area contributed by atoms with Crippen LogP contribution >= 0.6 is 0 Å². The van der Waals surface area contributed by atoms with Gasteiger partial charge in [-0.2, -0.15) is 0 Å². The number of rotatable bonds is 7. The van der Waals surface area contributed by atoms with Crippen LogP contribution in [0.3, 0.4) is 0 Å². The summed E-state index contributed by atoms with van der Waals surface area (Å²) in [5, 5.41) is 4.46. The summed E-state index contributed by atoms with van der Waals surface area (Å²) in [6, 6.07) is 6.11. The van der Waals surface area contributed by atoms with Gasteiger partial charge in [0.1, 0.15) is 11.3 Å². The Morgan fingerprint density at radius 3 is 2.64 bits per heavy atom. The van der Waals surface area contributed by atoms with Gasteiger partial charge in [-0.15, -0.1) is 0 Å². The van der Waals surface area contributed by atoms with Crippen LogP contribution in [-0.4, -0.2) is 19.7 Å². The van der Waals surface area contributed by atoms with Crippen molar-refractivity contribution in [2.45, 2.75) is 46.1 Å². The summed E-state index contributed by atoms with van der Waals surface area (Å²) in [4.78, 5) is 12.2. The number of nitrogens with one attached hydrogen (secondary N) is 1. The zero-order chi connectivity index (χ0) is 16.1. The quantitative estimate of drug-likeness (QED) is 0.796. The molecule has 0 atom stereocenters. The SMILES string of the molecule is CCC(CC)NCCc1c(C)c2ccc(OC)cc2oc1=O. The predicted octanol–water partition coefficient (Wildman–Crippen LogP) is 3.43. The van der Waals surface area contributed by atoms with E-state index in [0.29, 0.717) is 23.8 Å². The normalized spacial score (nSPS) is 11.3. The van der Waals surface area contributed by atoms with E-state index in [4.69, 9.17) is 9.15 Å². The van der Waals surface area contributed by atoms with Gasteiger partial charge in [0.2, 0.25) is 0 Å². The Kier molecular flexibility index (Phi) is 5.61. The van der Waals surface area contributed by atoms with Gasteiger partial charge in [0.25, 0.3) is 0 Å². The summed E-state index contributed by atoms with van der Waals surface area (Å²) in [6.45, 7) is 7.12. The average molecular weight is 303 g/mol. The van der Waals surface area contributed by atoms with Crippen LogP contribution in [0, 0.1) is 6.92 Å². The number of hydrogen-bond acceptors (Lipinski definition) is 4. The fourth-order valence-corrected chi connectivity index (χ4v) is 2.77. The van der Waals surface area contributed by atoms with Crippen molar-refractivity contribution in [1.29, 1.82) is 0 Å². The van der Waals surface area contributed by atoms with Crippen molar-refractivity contribution in [3.05, 3.63) is 39.7 Å². The number of fused-ring (bicyclic) bond motifs is 1. The first-order chi connectivity index (χ1) is 10.6. The lowest BCUT2D eigenvalue weighted by Gasteiger charge is -2.15. The molecule has 0 unspecified atom stereocenters. The van der Waals surface area contributed by atoms with E-state index in [1.165, 1.54) is 0 Å². The molecule has 22 heavy (non-hydrogen) atoms. The topological polar surface area (TPSA) is 51.5 Å². The molecular formula is C18H25NO3. The first-order valence-electron chi connectivity index (χ1n) is 7.94. The Morgan fingerprint density at radius 1 is 1.27 bits per heavy atom. The summed E-state index contributed by atoms with van der Waals surface area (Å²) in [6.07, 6.45) is 2.88. The summed E-state index contributed by atoms with van der Waals surface area (Å²) in [5.41, 5.74) is 2.10. The second kappa shape index (κ2) is 7.45. The molecule has 1 aromatic heterocycles. The van der Waals surface area contributed by atoms with Crippen LogP contribution in [0.4, 0.5) is 0 Å². The van der Waals surface area contributed by atoms with Gasteiger partial charge in [0, 0.05) is 23.1 Å². The number of benzene rings is 1. The first-order valence-corrected chi connectivity index (χ1v) is 7.94. The highest BCUT2D eigenvalue weighted by molar-refractivity contribution is 5.82. The molecule has 0 aliphatic rings. The molecule has 0 radical (unpaired) electrons. The maximum absolute atomic E-state index is 12.2. The highest BCUT2D eigenvalue weighted by Crippen LogP contribution is 2.24. The summed E-state index contributed by atoms with van der Waals surface area (Å²) >= 11 is 0. The second-order valence-corrected chi connectivity index (χ2v) is 5.57. The molecule has 120 valence electrons. The third-order valence-corrected chi connectivity index (χ3v) is 4.29. The number of ether oxygens (including phenoxy) is 1. The minimum Gasteiger partial charge on any atom is -0.497 e. The fourth-order valence-electron chi connectivity index (χ4n) is 2.77. The fraction of sp³-hybridized carbons (Fsp3) is 0.500. The molecule has 2 rings (SSSR count). The summed E-state index contributed by atoms with van der Waals surface area (Å²) in [5.74, 6) is 0.693. The van der Waals surface area contributed by atoms with Gasteiger partial charge >= 0.3 is 5.63 Å². The molecular weight excluding hydrogens is 278 g/mol. The van der Waals surface area contributed by atoms with Crippen molar-refractivity contribution in [3.8, 4) is 5.75 Å². The van der Waals surface area contributed by atoms with Gasteiger partial charge in [-0.3, -0.25) is 0 Å². The summed E-state index contributed by atoms with van der Waals surface area (Å²) in [7, 11) is 1.60. The van der Waals surface area contributed by atoms with Crippen LogP contribution in [0.25, 0.3) is 11.0 Å². The smallest absolute Gasteiger partial charge is 0.339 e. The Hall–Kier alpha value is -1.81. The van der Waals surface area contributed by atoms with E-state index in [1.54, 1.807) is 13.2 Å². The second-order valence-electron chi connectivity index (χ2n) is 5.57. The van der Waals surface area contributed by atoms with E-state index in [0.717, 1.165) is 35.9 Å². The molecule has 0 saturated carbocycles. The number of aryl methyl sites for hydroxylation is 1. The highest BCUT2D eigenvalue weighted by Gasteiger charge is 2.12. The van der Waals surface area contributed by atoms with Gasteiger partial charge < -0.3 is 14.5 Å². The molecule has 0 amide bonds. The largest absolute Gasteiger partial charge is 0.497 e. The van der Waals surface area contributed by atoms with Crippen LogP contribution in [0.15, 0.2) is 27.4 Å². The van der Waals surface area contributed by atoms with Crippen molar-refractivity contribution in [1.82, 2.24) is 5.32 Å². The van der Waals surface area contributed by atoms with Crippen molar-refractivity contribution < 1.29 is 9.15 Å². The van der Waals surface area contributed by atoms with Gasteiger partial charge in [0.15, 0.2) is 0 Å². The molecule has 0 aliphatic heterocycles. The lowest BCUT2D eigenvalue weighted by Crippen LogP contribution is -2.30. The zero-order valence-corrected chi connectivity index (χ0v) is 13.9. The van der Waals surface area contributed by atoms with Crippen LogP contribution in [0.1, 0.15) is 37.8 Å². The third kappa shape index (κ3) is 3.50. The third-order valence-electron chi connectivity index (χ3n) is 4.29. The van der Waals surface area contributed by atoms with E-state index in [-0.39, 0.29) is 5.63 Å². The highest BCUT2D eigenvalue weighted by atomic mass is 16.5. The predicted molar refractivity (Wildman–Crippen MR) is 89.8 cm³/mol. The maximum Gasteiger partial charge on any atom is 0.339 e. The van der Waals surface area contributed by atoms with Crippen molar-refractivity contribution in [3.63, 3.8) is 0 Å².